The van der Waals surface area contributed by atoms with Crippen LogP contribution in [-0.4, -0.2) is 16.9 Å². The van der Waals surface area contributed by atoms with Crippen LogP contribution in [0.1, 0.15) is 48.1 Å². The molecule has 4 aromatic rings. The number of hydrogen-bond donors (Lipinski definition) is 0. The van der Waals surface area contributed by atoms with E-state index < -0.39 is 23.7 Å². The minimum absolute atomic E-state index is 0.0208. The third-order valence-corrected chi connectivity index (χ3v) is 6.94. The van der Waals surface area contributed by atoms with Gasteiger partial charge in [0.2, 0.25) is 5.91 Å². The average Bonchev–Trinajstić information content (AvgIpc) is 3.24. The molecule has 0 radical (unpaired) electrons. The lowest BCUT2D eigenvalue weighted by molar-refractivity contribution is -0.132. The molecule has 0 spiro atoms. The minimum atomic E-state index is -1.20. The van der Waals surface area contributed by atoms with Gasteiger partial charge in [0.1, 0.15) is 6.04 Å². The van der Waals surface area contributed by atoms with E-state index in [-0.39, 0.29) is 11.8 Å². The molecule has 1 fully saturated rings. The Morgan fingerprint density at radius 2 is 1.17 bits per heavy atom. The number of ether oxygens (including phenoxy) is 1. The number of carbonyl (C=O) groups excluding carboxylic acids is 2. The molecule has 1 saturated heterocycles. The standard InChI is InChI=1S/C32H29NO3/c1-23(2)28(24-15-7-3-8-16-24)30(34)33-29(25-17-9-4-10-18-25)32(36-31(33)35,26-19-11-5-12-20-26)27-21-13-6-14-22-27/h3-23,28-29H,1-2H3/t28-,29+/m1/s1. The fraction of sp³-hybridized carbons (Fsp3) is 0.188. The van der Waals surface area contributed by atoms with Crippen molar-refractivity contribution in [3.05, 3.63) is 144 Å². The molecule has 4 nitrogen and oxygen atoms in total. The molecule has 4 aromatic carbocycles. The summed E-state index contributed by atoms with van der Waals surface area (Å²) in [6.45, 7) is 4.02. The highest BCUT2D eigenvalue weighted by molar-refractivity contribution is 5.98. The molecule has 1 aliphatic heterocycles. The van der Waals surface area contributed by atoms with Crippen molar-refractivity contribution >= 4 is 12.0 Å². The van der Waals surface area contributed by atoms with Crippen molar-refractivity contribution in [3.8, 4) is 0 Å². The average molecular weight is 476 g/mol. The molecule has 36 heavy (non-hydrogen) atoms. The Kier molecular flexibility index (Phi) is 6.43. The first-order valence-electron chi connectivity index (χ1n) is 12.3. The predicted octanol–water partition coefficient (Wildman–Crippen LogP) is 7.09. The van der Waals surface area contributed by atoms with E-state index in [1.165, 1.54) is 4.90 Å². The van der Waals surface area contributed by atoms with Crippen LogP contribution in [0.4, 0.5) is 4.79 Å². The zero-order chi connectivity index (χ0) is 25.1. The molecule has 1 aliphatic rings. The fourth-order valence-electron chi connectivity index (χ4n) is 5.36. The first-order valence-corrected chi connectivity index (χ1v) is 12.3. The molecule has 4 heteroatoms. The second-order valence-corrected chi connectivity index (χ2v) is 9.49. The van der Waals surface area contributed by atoms with Gasteiger partial charge < -0.3 is 4.74 Å². The molecular formula is C32H29NO3. The Hall–Kier alpha value is -4.18. The summed E-state index contributed by atoms with van der Waals surface area (Å²) in [7, 11) is 0. The number of imide groups is 1. The smallest absolute Gasteiger partial charge is 0.418 e. The van der Waals surface area contributed by atoms with Crippen LogP contribution in [0.5, 0.6) is 0 Å². The van der Waals surface area contributed by atoms with Gasteiger partial charge in [0.05, 0.1) is 5.92 Å². The van der Waals surface area contributed by atoms with E-state index in [1.807, 2.05) is 135 Å². The van der Waals surface area contributed by atoms with E-state index in [1.54, 1.807) is 0 Å². The zero-order valence-electron chi connectivity index (χ0n) is 20.5. The second-order valence-electron chi connectivity index (χ2n) is 9.49. The van der Waals surface area contributed by atoms with Crippen molar-refractivity contribution in [3.63, 3.8) is 0 Å². The molecule has 0 N–H and O–H groups in total. The van der Waals surface area contributed by atoms with Gasteiger partial charge >= 0.3 is 6.09 Å². The quantitative estimate of drug-likeness (QED) is 0.299. The Bertz CT molecular complexity index is 1280. The highest BCUT2D eigenvalue weighted by Crippen LogP contribution is 2.53. The lowest BCUT2D eigenvalue weighted by Crippen LogP contribution is -2.43. The third-order valence-electron chi connectivity index (χ3n) is 6.94. The summed E-state index contributed by atoms with van der Waals surface area (Å²) in [6, 6.07) is 38.1. The van der Waals surface area contributed by atoms with E-state index >= 15 is 0 Å². The molecule has 0 unspecified atom stereocenters. The van der Waals surface area contributed by atoms with Crippen molar-refractivity contribution in [2.45, 2.75) is 31.4 Å². The molecule has 0 aromatic heterocycles. The largest absolute Gasteiger partial charge is 0.430 e. The van der Waals surface area contributed by atoms with Crippen molar-refractivity contribution in [1.29, 1.82) is 0 Å². The van der Waals surface area contributed by atoms with E-state index in [9.17, 15) is 9.59 Å². The number of hydrogen-bond acceptors (Lipinski definition) is 3. The van der Waals surface area contributed by atoms with Crippen LogP contribution in [0.15, 0.2) is 121 Å². The molecule has 0 bridgehead atoms. The number of amides is 2. The van der Waals surface area contributed by atoms with E-state index in [0.717, 1.165) is 22.3 Å². The maximum Gasteiger partial charge on any atom is 0.418 e. The number of carbonyl (C=O) groups is 2. The van der Waals surface area contributed by atoms with Gasteiger partial charge in [-0.2, -0.15) is 0 Å². The summed E-state index contributed by atoms with van der Waals surface area (Å²) in [5.74, 6) is -0.774. The molecular weight excluding hydrogens is 446 g/mol. The van der Waals surface area contributed by atoms with Crippen LogP contribution >= 0.6 is 0 Å². The van der Waals surface area contributed by atoms with Gasteiger partial charge in [-0.25, -0.2) is 9.69 Å². The van der Waals surface area contributed by atoms with Gasteiger partial charge in [-0.05, 0) is 17.0 Å². The number of nitrogens with zero attached hydrogens (tertiary/aromatic N) is 1. The molecule has 5 rings (SSSR count). The van der Waals surface area contributed by atoms with Crippen LogP contribution in [0.25, 0.3) is 0 Å². The maximum atomic E-state index is 14.4. The summed E-state index contributed by atoms with van der Waals surface area (Å²) in [5, 5.41) is 0. The van der Waals surface area contributed by atoms with Crippen LogP contribution in [0, 0.1) is 5.92 Å². The van der Waals surface area contributed by atoms with Crippen LogP contribution in [-0.2, 0) is 15.1 Å². The first kappa shape index (κ1) is 23.6. The lowest BCUT2D eigenvalue weighted by atomic mass is 9.76. The third kappa shape index (κ3) is 3.99. The Labute approximate surface area is 212 Å². The Morgan fingerprint density at radius 1 is 0.722 bits per heavy atom. The number of cyclic esters (lactones) is 1. The fourth-order valence-corrected chi connectivity index (χ4v) is 5.36. The Morgan fingerprint density at radius 3 is 1.64 bits per heavy atom. The summed E-state index contributed by atoms with van der Waals surface area (Å²) >= 11 is 0. The number of rotatable bonds is 6. The predicted molar refractivity (Wildman–Crippen MR) is 140 cm³/mol. The van der Waals surface area contributed by atoms with Gasteiger partial charge in [0.15, 0.2) is 5.60 Å². The molecule has 1 heterocycles. The monoisotopic (exact) mass is 475 g/mol. The molecule has 2 atom stereocenters. The lowest BCUT2D eigenvalue weighted by Gasteiger charge is -2.36. The van der Waals surface area contributed by atoms with Crippen LogP contribution in [0.3, 0.4) is 0 Å². The number of benzene rings is 4. The molecule has 0 saturated carbocycles. The Balaban J connectivity index is 1.74. The van der Waals surface area contributed by atoms with Crippen molar-refractivity contribution < 1.29 is 14.3 Å². The SMILES string of the molecule is CC(C)[C@@H](C(=O)N1C(=O)OC(c2ccccc2)(c2ccccc2)[C@@H]1c1ccccc1)c1ccccc1. The minimum Gasteiger partial charge on any atom is -0.430 e. The first-order chi connectivity index (χ1) is 17.5. The highest BCUT2D eigenvalue weighted by Gasteiger charge is 2.59. The highest BCUT2D eigenvalue weighted by atomic mass is 16.6. The zero-order valence-corrected chi connectivity index (χ0v) is 20.5. The van der Waals surface area contributed by atoms with Gasteiger partial charge in [0.25, 0.3) is 0 Å². The summed E-state index contributed by atoms with van der Waals surface area (Å²) in [5.41, 5.74) is 2.15. The van der Waals surface area contributed by atoms with E-state index in [0.29, 0.717) is 0 Å². The van der Waals surface area contributed by atoms with Gasteiger partial charge in [-0.1, -0.05) is 135 Å². The van der Waals surface area contributed by atoms with Crippen molar-refractivity contribution in [2.24, 2.45) is 5.92 Å². The van der Waals surface area contributed by atoms with E-state index in [2.05, 4.69) is 0 Å². The maximum absolute atomic E-state index is 14.4. The van der Waals surface area contributed by atoms with E-state index in [4.69, 9.17) is 4.74 Å². The molecule has 0 aliphatic carbocycles. The van der Waals surface area contributed by atoms with Crippen LogP contribution < -0.4 is 0 Å². The topological polar surface area (TPSA) is 46.6 Å². The van der Waals surface area contributed by atoms with Gasteiger partial charge in [-0.15, -0.1) is 0 Å². The van der Waals surface area contributed by atoms with Gasteiger partial charge in [0, 0.05) is 11.1 Å². The summed E-state index contributed by atoms with van der Waals surface area (Å²) < 4.78 is 6.35. The molecule has 180 valence electrons. The normalized spacial score (nSPS) is 17.6. The summed E-state index contributed by atoms with van der Waals surface area (Å²) in [6.07, 6.45) is -0.636. The van der Waals surface area contributed by atoms with Crippen LogP contribution in [0.2, 0.25) is 0 Å². The van der Waals surface area contributed by atoms with Gasteiger partial charge in [-0.3, -0.25) is 4.79 Å². The second kappa shape index (κ2) is 9.82. The van der Waals surface area contributed by atoms with Crippen molar-refractivity contribution in [1.82, 2.24) is 4.90 Å². The molecule has 2 amide bonds. The van der Waals surface area contributed by atoms with Crippen molar-refractivity contribution in [2.75, 3.05) is 0 Å². The summed E-state index contributed by atoms with van der Waals surface area (Å²) in [4.78, 5) is 29.5.